The average Bonchev–Trinajstić information content (AvgIpc) is 3.51. The standard InChI is InChI=1S/C30H27N7O/c1-30(2,3)15-26(38)33-21-13-20(16-32-17-21)19-7-8-24-23(14-19)28(37-36-24)29-34-25-6-4-5-22(27(25)35-29)18-9-11-31-12-10-18/h4-14,16-17H,15H2,1-3H3,(H,33,38)(H,34,35)(H,36,37). The van der Waals surface area contributed by atoms with Crippen LogP contribution in [0, 0.1) is 5.41 Å². The van der Waals surface area contributed by atoms with Gasteiger partial charge < -0.3 is 10.3 Å². The predicted molar refractivity (Wildman–Crippen MR) is 150 cm³/mol. The van der Waals surface area contributed by atoms with E-state index in [-0.39, 0.29) is 11.3 Å². The Morgan fingerprint density at radius 2 is 1.74 bits per heavy atom. The van der Waals surface area contributed by atoms with Crippen LogP contribution in [-0.2, 0) is 4.79 Å². The van der Waals surface area contributed by atoms with Gasteiger partial charge in [-0.15, -0.1) is 0 Å². The number of nitrogens with zero attached hydrogens (tertiary/aromatic N) is 4. The first kappa shape index (κ1) is 23.5. The largest absolute Gasteiger partial charge is 0.337 e. The highest BCUT2D eigenvalue weighted by Gasteiger charge is 2.18. The molecule has 0 radical (unpaired) electrons. The number of anilines is 1. The normalized spacial score (nSPS) is 11.8. The second kappa shape index (κ2) is 9.23. The molecule has 0 atom stereocenters. The Bertz CT molecular complexity index is 1780. The molecule has 38 heavy (non-hydrogen) atoms. The van der Waals surface area contributed by atoms with E-state index in [1.807, 2.05) is 63.2 Å². The molecular formula is C30H27N7O. The highest BCUT2D eigenvalue weighted by atomic mass is 16.1. The lowest BCUT2D eigenvalue weighted by Gasteiger charge is -2.17. The quantitative estimate of drug-likeness (QED) is 0.246. The molecule has 0 bridgehead atoms. The predicted octanol–water partition coefficient (Wildman–Crippen LogP) is 6.60. The summed E-state index contributed by atoms with van der Waals surface area (Å²) in [6, 6.07) is 18.1. The summed E-state index contributed by atoms with van der Waals surface area (Å²) in [5.74, 6) is 0.659. The van der Waals surface area contributed by atoms with E-state index in [1.165, 1.54) is 0 Å². The fourth-order valence-corrected chi connectivity index (χ4v) is 4.64. The van der Waals surface area contributed by atoms with Gasteiger partial charge in [0.15, 0.2) is 5.82 Å². The first-order chi connectivity index (χ1) is 18.3. The van der Waals surface area contributed by atoms with E-state index in [0.29, 0.717) is 17.9 Å². The highest BCUT2D eigenvalue weighted by Crippen LogP contribution is 2.33. The summed E-state index contributed by atoms with van der Waals surface area (Å²) in [5, 5.41) is 11.6. The number of rotatable bonds is 5. The van der Waals surface area contributed by atoms with Crippen molar-refractivity contribution in [2.75, 3.05) is 5.32 Å². The third-order valence-electron chi connectivity index (χ3n) is 6.34. The van der Waals surface area contributed by atoms with Gasteiger partial charge in [0, 0.05) is 41.5 Å². The number of fused-ring (bicyclic) bond motifs is 2. The molecule has 0 fully saturated rings. The summed E-state index contributed by atoms with van der Waals surface area (Å²) >= 11 is 0. The van der Waals surface area contributed by atoms with Crippen LogP contribution in [0.4, 0.5) is 5.69 Å². The molecule has 8 heteroatoms. The fraction of sp³-hybridized carbons (Fsp3) is 0.167. The molecule has 188 valence electrons. The topological polar surface area (TPSA) is 112 Å². The summed E-state index contributed by atoms with van der Waals surface area (Å²) < 4.78 is 0. The first-order valence-corrected chi connectivity index (χ1v) is 12.5. The number of imidazole rings is 1. The van der Waals surface area contributed by atoms with Crippen molar-refractivity contribution in [3.8, 4) is 33.8 Å². The van der Waals surface area contributed by atoms with Crippen LogP contribution >= 0.6 is 0 Å². The van der Waals surface area contributed by atoms with Crippen LogP contribution in [0.2, 0.25) is 0 Å². The number of para-hydroxylation sites is 1. The van der Waals surface area contributed by atoms with Gasteiger partial charge in [0.1, 0.15) is 5.69 Å². The molecule has 0 aliphatic heterocycles. The van der Waals surface area contributed by atoms with Gasteiger partial charge in [-0.2, -0.15) is 5.10 Å². The van der Waals surface area contributed by atoms with Crippen molar-refractivity contribution in [1.82, 2.24) is 30.1 Å². The van der Waals surface area contributed by atoms with Crippen LogP contribution in [-0.4, -0.2) is 36.0 Å². The molecule has 0 saturated carbocycles. The number of aromatic amines is 2. The van der Waals surface area contributed by atoms with Crippen molar-refractivity contribution in [1.29, 1.82) is 0 Å². The highest BCUT2D eigenvalue weighted by molar-refractivity contribution is 5.98. The van der Waals surface area contributed by atoms with Crippen LogP contribution in [0.3, 0.4) is 0 Å². The molecule has 2 aromatic carbocycles. The van der Waals surface area contributed by atoms with Crippen LogP contribution < -0.4 is 5.32 Å². The molecule has 0 spiro atoms. The zero-order valence-electron chi connectivity index (χ0n) is 21.4. The Morgan fingerprint density at radius 1 is 0.895 bits per heavy atom. The maximum absolute atomic E-state index is 12.4. The number of H-pyrrole nitrogens is 2. The number of hydrogen-bond acceptors (Lipinski definition) is 5. The second-order valence-corrected chi connectivity index (χ2v) is 10.6. The molecule has 6 aromatic rings. The minimum Gasteiger partial charge on any atom is -0.337 e. The fourth-order valence-electron chi connectivity index (χ4n) is 4.64. The number of carbonyl (C=O) groups is 1. The average molecular weight is 502 g/mol. The van der Waals surface area contributed by atoms with Crippen molar-refractivity contribution in [3.63, 3.8) is 0 Å². The Balaban J connectivity index is 1.36. The van der Waals surface area contributed by atoms with E-state index in [1.54, 1.807) is 24.8 Å². The Kier molecular flexibility index (Phi) is 5.72. The Labute approximate surface area is 219 Å². The number of pyridine rings is 2. The third-order valence-corrected chi connectivity index (χ3v) is 6.34. The van der Waals surface area contributed by atoms with Gasteiger partial charge in [-0.05, 0) is 52.9 Å². The molecule has 0 saturated heterocycles. The lowest BCUT2D eigenvalue weighted by Crippen LogP contribution is -2.19. The summed E-state index contributed by atoms with van der Waals surface area (Å²) in [7, 11) is 0. The lowest BCUT2D eigenvalue weighted by molar-refractivity contribution is -0.117. The van der Waals surface area contributed by atoms with Gasteiger partial charge in [0.05, 0.1) is 28.4 Å². The zero-order valence-corrected chi connectivity index (χ0v) is 21.4. The van der Waals surface area contributed by atoms with E-state index >= 15 is 0 Å². The van der Waals surface area contributed by atoms with E-state index in [4.69, 9.17) is 4.98 Å². The number of carbonyl (C=O) groups excluding carboxylic acids is 1. The van der Waals surface area contributed by atoms with Gasteiger partial charge in [-0.25, -0.2) is 4.98 Å². The number of nitrogens with one attached hydrogen (secondary N) is 3. The molecule has 0 aliphatic carbocycles. The zero-order chi connectivity index (χ0) is 26.3. The Hall–Kier alpha value is -4.85. The molecule has 6 rings (SSSR count). The maximum atomic E-state index is 12.4. The van der Waals surface area contributed by atoms with Crippen molar-refractivity contribution in [2.45, 2.75) is 27.2 Å². The molecule has 8 nitrogen and oxygen atoms in total. The van der Waals surface area contributed by atoms with Crippen molar-refractivity contribution in [3.05, 3.63) is 79.4 Å². The van der Waals surface area contributed by atoms with Gasteiger partial charge >= 0.3 is 0 Å². The van der Waals surface area contributed by atoms with Crippen molar-refractivity contribution < 1.29 is 4.79 Å². The summed E-state index contributed by atoms with van der Waals surface area (Å²) in [4.78, 5) is 29.3. The van der Waals surface area contributed by atoms with E-state index < -0.39 is 0 Å². The number of hydrogen-bond donors (Lipinski definition) is 3. The van der Waals surface area contributed by atoms with Crippen molar-refractivity contribution >= 4 is 33.5 Å². The van der Waals surface area contributed by atoms with Gasteiger partial charge in [-0.3, -0.25) is 19.9 Å². The maximum Gasteiger partial charge on any atom is 0.224 e. The minimum atomic E-state index is -0.0897. The van der Waals surface area contributed by atoms with Crippen LogP contribution in [0.15, 0.2) is 79.4 Å². The van der Waals surface area contributed by atoms with Gasteiger partial charge in [-0.1, -0.05) is 39.0 Å². The summed E-state index contributed by atoms with van der Waals surface area (Å²) in [6.45, 7) is 6.13. The second-order valence-electron chi connectivity index (χ2n) is 10.6. The van der Waals surface area contributed by atoms with E-state index in [9.17, 15) is 4.79 Å². The third kappa shape index (κ3) is 4.64. The lowest BCUT2D eigenvalue weighted by atomic mass is 9.92. The Morgan fingerprint density at radius 3 is 2.55 bits per heavy atom. The summed E-state index contributed by atoms with van der Waals surface area (Å²) in [6.07, 6.45) is 7.46. The number of benzene rings is 2. The molecule has 3 N–H and O–H groups in total. The SMILES string of the molecule is CC(C)(C)CC(=O)Nc1cncc(-c2ccc3[nH]nc(-c4nc5c(-c6ccncc6)cccc5[nH]4)c3c2)c1. The molecule has 0 aliphatic rings. The van der Waals surface area contributed by atoms with Crippen molar-refractivity contribution in [2.24, 2.45) is 5.41 Å². The molecule has 1 amide bonds. The first-order valence-electron chi connectivity index (χ1n) is 12.5. The van der Waals surface area contributed by atoms with Gasteiger partial charge in [0.25, 0.3) is 0 Å². The molecule has 0 unspecified atom stereocenters. The number of amides is 1. The minimum absolute atomic E-state index is 0.0277. The van der Waals surface area contributed by atoms with Crippen LogP contribution in [0.5, 0.6) is 0 Å². The van der Waals surface area contributed by atoms with E-state index in [2.05, 4.69) is 42.6 Å². The van der Waals surface area contributed by atoms with Gasteiger partial charge in [0.2, 0.25) is 5.91 Å². The van der Waals surface area contributed by atoms with E-state index in [0.717, 1.165) is 49.9 Å². The molecule has 4 aromatic heterocycles. The van der Waals surface area contributed by atoms with Crippen LogP contribution in [0.1, 0.15) is 27.2 Å². The molecule has 4 heterocycles. The van der Waals surface area contributed by atoms with Crippen LogP contribution in [0.25, 0.3) is 55.7 Å². The summed E-state index contributed by atoms with van der Waals surface area (Å²) in [5.41, 5.74) is 7.99. The monoisotopic (exact) mass is 501 g/mol. The molecular weight excluding hydrogens is 474 g/mol. The smallest absolute Gasteiger partial charge is 0.224 e. The number of aromatic nitrogens is 6.